The Kier molecular flexibility index (Phi) is 2.59. The molecule has 0 amide bonds. The number of aromatic nitrogens is 4. The molecule has 2 rings (SSSR count). The van der Waals surface area contributed by atoms with E-state index in [1.165, 1.54) is 0 Å². The van der Waals surface area contributed by atoms with E-state index in [1.807, 2.05) is 0 Å². The third-order valence-corrected chi connectivity index (χ3v) is 4.80. The maximum Gasteiger partial charge on any atom is 0.183 e. The van der Waals surface area contributed by atoms with Crippen molar-refractivity contribution in [1.29, 1.82) is 0 Å². The third-order valence-electron chi connectivity index (χ3n) is 2.57. The standard InChI is InChI=1S/C10H15N5Si/c1-15(16(2,3)4)10-8-9(13-7-14-10)12-6-5-11-8/h5-7H,1-4H3. The van der Waals surface area contributed by atoms with Crippen molar-refractivity contribution in [3.63, 3.8) is 0 Å². The van der Waals surface area contributed by atoms with Crippen molar-refractivity contribution in [2.24, 2.45) is 0 Å². The SMILES string of the molecule is CN(c1ncnc2nccnc12)[Si](C)(C)C. The topological polar surface area (TPSA) is 54.8 Å². The first kappa shape index (κ1) is 10.9. The maximum absolute atomic E-state index is 4.32. The molecule has 0 saturated heterocycles. The van der Waals surface area contributed by atoms with Crippen LogP contribution in [0.4, 0.5) is 5.82 Å². The lowest BCUT2D eigenvalue weighted by Gasteiger charge is -2.31. The van der Waals surface area contributed by atoms with Gasteiger partial charge in [-0.05, 0) is 7.05 Å². The number of nitrogens with zero attached hydrogens (tertiary/aromatic N) is 5. The lowest BCUT2D eigenvalue weighted by Crippen LogP contribution is -2.43. The predicted octanol–water partition coefficient (Wildman–Crippen LogP) is 1.69. The van der Waals surface area contributed by atoms with Gasteiger partial charge in [0.05, 0.1) is 0 Å². The molecule has 0 radical (unpaired) electrons. The summed E-state index contributed by atoms with van der Waals surface area (Å²) < 4.78 is 2.21. The van der Waals surface area contributed by atoms with Crippen LogP contribution >= 0.6 is 0 Å². The van der Waals surface area contributed by atoms with Crippen LogP contribution in [0.5, 0.6) is 0 Å². The fraction of sp³-hybridized carbons (Fsp3) is 0.400. The quantitative estimate of drug-likeness (QED) is 0.739. The molecule has 0 aromatic carbocycles. The van der Waals surface area contributed by atoms with Crippen molar-refractivity contribution >= 4 is 25.2 Å². The van der Waals surface area contributed by atoms with Crippen molar-refractivity contribution in [2.45, 2.75) is 19.6 Å². The summed E-state index contributed by atoms with van der Waals surface area (Å²) in [6, 6.07) is 0. The lowest BCUT2D eigenvalue weighted by molar-refractivity contribution is 1.09. The van der Waals surface area contributed by atoms with Crippen molar-refractivity contribution in [2.75, 3.05) is 11.6 Å². The molecule has 0 aliphatic heterocycles. The van der Waals surface area contributed by atoms with Crippen molar-refractivity contribution < 1.29 is 0 Å². The normalized spacial score (nSPS) is 11.8. The molecule has 0 aliphatic carbocycles. The predicted molar refractivity (Wildman–Crippen MR) is 66.9 cm³/mol. The Morgan fingerprint density at radius 3 is 2.38 bits per heavy atom. The van der Waals surface area contributed by atoms with E-state index in [4.69, 9.17) is 0 Å². The van der Waals surface area contributed by atoms with E-state index in [9.17, 15) is 0 Å². The Morgan fingerprint density at radius 2 is 1.69 bits per heavy atom. The molecular formula is C10H15N5Si. The maximum atomic E-state index is 4.32. The molecule has 16 heavy (non-hydrogen) atoms. The second-order valence-electron chi connectivity index (χ2n) is 4.66. The van der Waals surface area contributed by atoms with E-state index in [1.54, 1.807) is 18.7 Å². The molecule has 5 nitrogen and oxygen atoms in total. The summed E-state index contributed by atoms with van der Waals surface area (Å²) in [5, 5.41) is 0. The monoisotopic (exact) mass is 233 g/mol. The molecule has 0 unspecified atom stereocenters. The Bertz CT molecular complexity index is 503. The van der Waals surface area contributed by atoms with Crippen LogP contribution in [0.2, 0.25) is 19.6 Å². The van der Waals surface area contributed by atoms with Gasteiger partial charge in [-0.2, -0.15) is 0 Å². The van der Waals surface area contributed by atoms with Gasteiger partial charge < -0.3 is 4.57 Å². The Hall–Kier alpha value is -1.56. The molecule has 2 aromatic heterocycles. The molecule has 0 fully saturated rings. The first-order valence-electron chi connectivity index (χ1n) is 5.15. The van der Waals surface area contributed by atoms with Gasteiger partial charge in [0.1, 0.15) is 20.1 Å². The molecule has 2 heterocycles. The minimum atomic E-state index is -1.44. The lowest BCUT2D eigenvalue weighted by atomic mass is 10.4. The molecule has 0 atom stereocenters. The molecule has 0 aliphatic rings. The number of hydrogen-bond donors (Lipinski definition) is 0. The number of fused-ring (bicyclic) bond motifs is 1. The molecule has 0 spiro atoms. The van der Waals surface area contributed by atoms with Gasteiger partial charge in [0.2, 0.25) is 0 Å². The zero-order chi connectivity index (χ0) is 11.8. The van der Waals surface area contributed by atoms with Gasteiger partial charge in [0.25, 0.3) is 0 Å². The minimum Gasteiger partial charge on any atom is -0.384 e. The van der Waals surface area contributed by atoms with Gasteiger partial charge in [-0.1, -0.05) is 19.6 Å². The summed E-state index contributed by atoms with van der Waals surface area (Å²) in [7, 11) is 0.615. The molecule has 2 aromatic rings. The minimum absolute atomic E-state index is 0.651. The van der Waals surface area contributed by atoms with E-state index in [0.717, 1.165) is 11.3 Å². The Labute approximate surface area is 95.7 Å². The molecule has 0 saturated carbocycles. The van der Waals surface area contributed by atoms with E-state index >= 15 is 0 Å². The number of anilines is 1. The molecular weight excluding hydrogens is 218 g/mol. The summed E-state index contributed by atoms with van der Waals surface area (Å²) in [6.07, 6.45) is 4.86. The van der Waals surface area contributed by atoms with Crippen LogP contribution in [0.3, 0.4) is 0 Å². The summed E-state index contributed by atoms with van der Waals surface area (Å²) in [4.78, 5) is 16.9. The third kappa shape index (κ3) is 1.88. The fourth-order valence-corrected chi connectivity index (χ4v) is 2.14. The smallest absolute Gasteiger partial charge is 0.183 e. The highest BCUT2D eigenvalue weighted by Crippen LogP contribution is 2.22. The fourth-order valence-electron chi connectivity index (χ4n) is 1.35. The Morgan fingerprint density at radius 1 is 1.00 bits per heavy atom. The van der Waals surface area contributed by atoms with Crippen LogP contribution < -0.4 is 4.57 Å². The first-order valence-corrected chi connectivity index (χ1v) is 8.60. The van der Waals surface area contributed by atoms with Crippen LogP contribution in [-0.4, -0.2) is 35.2 Å². The zero-order valence-electron chi connectivity index (χ0n) is 9.97. The van der Waals surface area contributed by atoms with E-state index in [2.05, 4.69) is 51.2 Å². The second kappa shape index (κ2) is 3.78. The van der Waals surface area contributed by atoms with Gasteiger partial charge in [-0.25, -0.2) is 19.9 Å². The summed E-state index contributed by atoms with van der Waals surface area (Å²) in [6.45, 7) is 6.78. The second-order valence-corrected chi connectivity index (χ2v) is 9.67. The zero-order valence-corrected chi connectivity index (χ0v) is 11.0. The van der Waals surface area contributed by atoms with Crippen molar-refractivity contribution in [1.82, 2.24) is 19.9 Å². The van der Waals surface area contributed by atoms with Gasteiger partial charge in [0.15, 0.2) is 11.5 Å². The van der Waals surface area contributed by atoms with Crippen molar-refractivity contribution in [3.8, 4) is 0 Å². The summed E-state index contributed by atoms with van der Waals surface area (Å²) in [5.74, 6) is 0.872. The number of hydrogen-bond acceptors (Lipinski definition) is 5. The van der Waals surface area contributed by atoms with Crippen LogP contribution in [0.15, 0.2) is 18.7 Å². The van der Waals surface area contributed by atoms with Gasteiger partial charge in [0, 0.05) is 12.4 Å². The first-order chi connectivity index (χ1) is 7.50. The highest BCUT2D eigenvalue weighted by molar-refractivity contribution is 6.79. The molecule has 0 bridgehead atoms. The average Bonchev–Trinajstić information content (AvgIpc) is 2.26. The van der Waals surface area contributed by atoms with E-state index in [0.29, 0.717) is 5.65 Å². The van der Waals surface area contributed by atoms with Crippen LogP contribution in [0, 0.1) is 0 Å². The average molecular weight is 233 g/mol. The Balaban J connectivity index is 2.61. The molecule has 0 N–H and O–H groups in total. The van der Waals surface area contributed by atoms with Crippen LogP contribution in [0.1, 0.15) is 0 Å². The van der Waals surface area contributed by atoms with Crippen LogP contribution in [0.25, 0.3) is 11.2 Å². The van der Waals surface area contributed by atoms with E-state index in [-0.39, 0.29) is 0 Å². The number of rotatable bonds is 2. The van der Waals surface area contributed by atoms with Gasteiger partial charge in [-0.15, -0.1) is 0 Å². The van der Waals surface area contributed by atoms with Crippen molar-refractivity contribution in [3.05, 3.63) is 18.7 Å². The van der Waals surface area contributed by atoms with Crippen LogP contribution in [-0.2, 0) is 0 Å². The summed E-state index contributed by atoms with van der Waals surface area (Å²) in [5.41, 5.74) is 1.42. The molecule has 6 heteroatoms. The van der Waals surface area contributed by atoms with E-state index < -0.39 is 8.24 Å². The molecule has 84 valence electrons. The van der Waals surface area contributed by atoms with Gasteiger partial charge in [-0.3, -0.25) is 0 Å². The highest BCUT2D eigenvalue weighted by atomic mass is 28.3. The largest absolute Gasteiger partial charge is 0.384 e. The highest BCUT2D eigenvalue weighted by Gasteiger charge is 2.23. The van der Waals surface area contributed by atoms with Gasteiger partial charge >= 0.3 is 0 Å². The summed E-state index contributed by atoms with van der Waals surface area (Å²) >= 11 is 0.